The van der Waals surface area contributed by atoms with Gasteiger partial charge in [0, 0.05) is 38.1 Å². The zero-order valence-electron chi connectivity index (χ0n) is 12.9. The van der Waals surface area contributed by atoms with Gasteiger partial charge in [0.2, 0.25) is 5.91 Å². The first-order chi connectivity index (χ1) is 11.0. The molecule has 1 aliphatic rings. The summed E-state index contributed by atoms with van der Waals surface area (Å²) in [5.74, 6) is -0.480. The lowest BCUT2D eigenvalue weighted by Crippen LogP contribution is -2.37. The van der Waals surface area contributed by atoms with Gasteiger partial charge in [0.15, 0.2) is 0 Å². The Balaban J connectivity index is 1.81. The van der Waals surface area contributed by atoms with Crippen molar-refractivity contribution in [2.24, 2.45) is 5.41 Å². The highest BCUT2D eigenvalue weighted by atomic mass is 16.5. The molecule has 1 amide bonds. The summed E-state index contributed by atoms with van der Waals surface area (Å²) in [5, 5.41) is 13.7. The van der Waals surface area contributed by atoms with E-state index < -0.39 is 11.4 Å². The monoisotopic (exact) mass is 314 g/mol. The molecule has 2 heterocycles. The number of carbonyl (C=O) groups excluding carboxylic acids is 1. The quantitative estimate of drug-likeness (QED) is 0.935. The van der Waals surface area contributed by atoms with Crippen LogP contribution in [0.3, 0.4) is 0 Å². The lowest BCUT2D eigenvalue weighted by Gasteiger charge is -2.22. The van der Waals surface area contributed by atoms with Crippen molar-refractivity contribution < 1.29 is 19.2 Å². The summed E-state index contributed by atoms with van der Waals surface area (Å²) in [6.07, 6.45) is 0.648. The smallest absolute Gasteiger partial charge is 0.311 e. The van der Waals surface area contributed by atoms with E-state index in [1.807, 2.05) is 30.3 Å². The summed E-state index contributed by atoms with van der Waals surface area (Å²) in [6, 6.07) is 11.3. The molecule has 6 heteroatoms. The lowest BCUT2D eigenvalue weighted by molar-refractivity contribution is -0.148. The van der Waals surface area contributed by atoms with Gasteiger partial charge in [-0.1, -0.05) is 35.5 Å². The predicted octanol–water partition coefficient (Wildman–Crippen LogP) is 2.21. The molecule has 2 aromatic rings. The molecule has 0 unspecified atom stereocenters. The summed E-state index contributed by atoms with van der Waals surface area (Å²) in [7, 11) is 0. The van der Waals surface area contributed by atoms with Crippen LogP contribution in [-0.2, 0) is 16.0 Å². The molecule has 0 radical (unpaired) electrons. The molecule has 1 aromatic heterocycles. The number of likely N-dealkylation sites (tertiary alicyclic amines) is 1. The van der Waals surface area contributed by atoms with E-state index >= 15 is 0 Å². The van der Waals surface area contributed by atoms with Gasteiger partial charge >= 0.3 is 5.97 Å². The summed E-state index contributed by atoms with van der Waals surface area (Å²) in [4.78, 5) is 24.8. The predicted molar refractivity (Wildman–Crippen MR) is 82.6 cm³/mol. The Labute approximate surface area is 133 Å². The van der Waals surface area contributed by atoms with Crippen molar-refractivity contribution >= 4 is 11.9 Å². The summed E-state index contributed by atoms with van der Waals surface area (Å²) in [6.45, 7) is 2.13. The number of rotatable bonds is 4. The van der Waals surface area contributed by atoms with Gasteiger partial charge in [-0.15, -0.1) is 0 Å². The van der Waals surface area contributed by atoms with Crippen LogP contribution in [0, 0.1) is 5.41 Å². The Bertz CT molecular complexity index is 725. The van der Waals surface area contributed by atoms with Crippen LogP contribution in [-0.4, -0.2) is 40.1 Å². The van der Waals surface area contributed by atoms with E-state index in [4.69, 9.17) is 4.52 Å². The summed E-state index contributed by atoms with van der Waals surface area (Å²) < 4.78 is 5.34. The zero-order valence-corrected chi connectivity index (χ0v) is 12.9. The molecular weight excluding hydrogens is 296 g/mol. The maximum atomic E-state index is 11.8. The van der Waals surface area contributed by atoms with Crippen molar-refractivity contribution in [1.29, 1.82) is 0 Å². The van der Waals surface area contributed by atoms with Gasteiger partial charge in [0.1, 0.15) is 11.5 Å². The zero-order chi connectivity index (χ0) is 16.4. The van der Waals surface area contributed by atoms with Crippen LogP contribution < -0.4 is 0 Å². The highest BCUT2D eigenvalue weighted by Gasteiger charge is 2.46. The number of benzene rings is 1. The molecule has 1 aliphatic heterocycles. The Hall–Kier alpha value is -2.63. The van der Waals surface area contributed by atoms with Crippen molar-refractivity contribution in [3.05, 3.63) is 42.2 Å². The Kier molecular flexibility index (Phi) is 3.90. The van der Waals surface area contributed by atoms with Crippen LogP contribution in [0.2, 0.25) is 0 Å². The van der Waals surface area contributed by atoms with E-state index in [9.17, 15) is 14.7 Å². The molecule has 0 saturated carbocycles. The standard InChI is InChI=1S/C17H18N2O4/c1-12(20)19-8-7-17(11-19,16(21)22)10-14-9-15(18-23-14)13-5-3-2-4-6-13/h2-6,9H,7-8,10-11H2,1H3,(H,21,22)/t17-/m1/s1. The average Bonchev–Trinajstić information content (AvgIpc) is 3.16. The van der Waals surface area contributed by atoms with Crippen LogP contribution in [0.5, 0.6) is 0 Å². The van der Waals surface area contributed by atoms with E-state index in [0.29, 0.717) is 24.4 Å². The average molecular weight is 314 g/mol. The minimum absolute atomic E-state index is 0.101. The minimum atomic E-state index is -1.00. The number of aromatic nitrogens is 1. The SMILES string of the molecule is CC(=O)N1CC[C@](Cc2cc(-c3ccccc3)no2)(C(=O)O)C1. The number of hydrogen-bond acceptors (Lipinski definition) is 4. The van der Waals surface area contributed by atoms with E-state index in [-0.39, 0.29) is 18.9 Å². The minimum Gasteiger partial charge on any atom is -0.481 e. The van der Waals surface area contributed by atoms with Crippen LogP contribution in [0.4, 0.5) is 0 Å². The van der Waals surface area contributed by atoms with Crippen LogP contribution in [0.25, 0.3) is 11.3 Å². The van der Waals surface area contributed by atoms with Crippen LogP contribution in [0.15, 0.2) is 40.9 Å². The van der Waals surface area contributed by atoms with Crippen molar-refractivity contribution in [2.45, 2.75) is 19.8 Å². The highest BCUT2D eigenvalue weighted by molar-refractivity contribution is 5.79. The third-order valence-electron chi connectivity index (χ3n) is 4.39. The maximum absolute atomic E-state index is 11.8. The molecule has 0 aliphatic carbocycles. The summed E-state index contributed by atoms with van der Waals surface area (Å²) in [5.41, 5.74) is 0.602. The maximum Gasteiger partial charge on any atom is 0.311 e. The van der Waals surface area contributed by atoms with Crippen LogP contribution >= 0.6 is 0 Å². The van der Waals surface area contributed by atoms with Crippen molar-refractivity contribution in [3.8, 4) is 11.3 Å². The molecule has 1 aromatic carbocycles. The molecule has 3 rings (SSSR count). The Morgan fingerprint density at radius 1 is 1.35 bits per heavy atom. The van der Waals surface area contributed by atoms with Crippen molar-refractivity contribution in [3.63, 3.8) is 0 Å². The number of carboxylic acids is 1. The van der Waals surface area contributed by atoms with E-state index in [0.717, 1.165) is 5.56 Å². The normalized spacial score (nSPS) is 20.7. The summed E-state index contributed by atoms with van der Waals surface area (Å²) >= 11 is 0. The second-order valence-electron chi connectivity index (χ2n) is 6.00. The molecule has 1 N–H and O–H groups in total. The van der Waals surface area contributed by atoms with Gasteiger partial charge in [0.05, 0.1) is 5.41 Å². The van der Waals surface area contributed by atoms with Crippen LogP contribution in [0.1, 0.15) is 19.1 Å². The molecule has 6 nitrogen and oxygen atoms in total. The fourth-order valence-corrected chi connectivity index (χ4v) is 3.01. The fourth-order valence-electron chi connectivity index (χ4n) is 3.01. The van der Waals surface area contributed by atoms with Gasteiger partial charge in [0.25, 0.3) is 0 Å². The number of carbonyl (C=O) groups is 2. The second-order valence-corrected chi connectivity index (χ2v) is 6.00. The third-order valence-corrected chi connectivity index (χ3v) is 4.39. The topological polar surface area (TPSA) is 83.6 Å². The van der Waals surface area contributed by atoms with E-state index in [1.165, 1.54) is 6.92 Å². The Morgan fingerprint density at radius 2 is 2.09 bits per heavy atom. The number of amides is 1. The third kappa shape index (κ3) is 2.97. The van der Waals surface area contributed by atoms with Gasteiger partial charge in [-0.05, 0) is 6.42 Å². The van der Waals surface area contributed by atoms with Gasteiger partial charge in [-0.25, -0.2) is 0 Å². The first-order valence-electron chi connectivity index (χ1n) is 7.50. The largest absolute Gasteiger partial charge is 0.481 e. The van der Waals surface area contributed by atoms with Crippen molar-refractivity contribution in [2.75, 3.05) is 13.1 Å². The molecule has 1 saturated heterocycles. The molecule has 0 spiro atoms. The molecule has 120 valence electrons. The van der Waals surface area contributed by atoms with Gasteiger partial charge in [-0.2, -0.15) is 0 Å². The first-order valence-corrected chi connectivity index (χ1v) is 7.50. The molecule has 0 bridgehead atoms. The number of aliphatic carboxylic acids is 1. The van der Waals surface area contributed by atoms with E-state index in [1.54, 1.807) is 11.0 Å². The van der Waals surface area contributed by atoms with Gasteiger partial charge < -0.3 is 14.5 Å². The van der Waals surface area contributed by atoms with Gasteiger partial charge in [-0.3, -0.25) is 9.59 Å². The molecule has 1 atom stereocenters. The Morgan fingerprint density at radius 3 is 2.70 bits per heavy atom. The number of nitrogens with zero attached hydrogens (tertiary/aromatic N) is 2. The molecular formula is C17H18N2O4. The second kappa shape index (κ2) is 5.87. The highest BCUT2D eigenvalue weighted by Crippen LogP contribution is 2.35. The number of carboxylic acid groups (broad SMARTS) is 1. The lowest BCUT2D eigenvalue weighted by atomic mass is 9.82. The van der Waals surface area contributed by atoms with Crippen molar-refractivity contribution in [1.82, 2.24) is 10.1 Å². The first kappa shape index (κ1) is 15.3. The molecule has 23 heavy (non-hydrogen) atoms. The van der Waals surface area contributed by atoms with E-state index in [2.05, 4.69) is 5.16 Å². The number of hydrogen-bond donors (Lipinski definition) is 1. The fraction of sp³-hybridized carbons (Fsp3) is 0.353. The molecule has 1 fully saturated rings.